The minimum atomic E-state index is -0.381. The van der Waals surface area contributed by atoms with E-state index in [4.69, 9.17) is 0 Å². The predicted octanol–water partition coefficient (Wildman–Crippen LogP) is 4.21. The number of aliphatic hydroxyl groups excluding tert-OH is 1. The molecule has 2 aliphatic carbocycles. The summed E-state index contributed by atoms with van der Waals surface area (Å²) >= 11 is 0. The zero-order chi connectivity index (χ0) is 20.9. The lowest BCUT2D eigenvalue weighted by Gasteiger charge is -2.26. The highest BCUT2D eigenvalue weighted by Crippen LogP contribution is 2.44. The van der Waals surface area contributed by atoms with E-state index in [1.165, 1.54) is 29.5 Å². The highest BCUT2D eigenvalue weighted by molar-refractivity contribution is 5.99. The third kappa shape index (κ3) is 3.37. The molecule has 2 atom stereocenters. The maximum Gasteiger partial charge on any atom is 0.254 e. The van der Waals surface area contributed by atoms with Crippen molar-refractivity contribution >= 4 is 5.91 Å². The molecule has 1 aromatic heterocycles. The Kier molecular flexibility index (Phi) is 4.46. The fourth-order valence-corrected chi connectivity index (χ4v) is 5.34. The summed E-state index contributed by atoms with van der Waals surface area (Å²) in [7, 11) is 0. The van der Waals surface area contributed by atoms with Crippen LogP contribution in [-0.2, 0) is 13.0 Å². The van der Waals surface area contributed by atoms with Crippen LogP contribution in [0.15, 0.2) is 54.9 Å². The third-order valence-corrected chi connectivity index (χ3v) is 7.16. The van der Waals surface area contributed by atoms with Gasteiger partial charge < -0.3 is 10.0 Å². The van der Waals surface area contributed by atoms with Gasteiger partial charge in [-0.25, -0.2) is 4.68 Å². The first-order valence-corrected chi connectivity index (χ1v) is 11.4. The number of hydrogen-bond donors (Lipinski definition) is 1. The van der Waals surface area contributed by atoms with Crippen molar-refractivity contribution in [3.63, 3.8) is 0 Å². The summed E-state index contributed by atoms with van der Waals surface area (Å²) in [5, 5.41) is 14.6. The molecule has 3 aromatic rings. The Hall–Kier alpha value is -2.92. The van der Waals surface area contributed by atoms with Crippen LogP contribution in [0, 0.1) is 0 Å². The number of nitrogens with zero attached hydrogens (tertiary/aromatic N) is 3. The van der Waals surface area contributed by atoms with Crippen molar-refractivity contribution in [1.29, 1.82) is 0 Å². The van der Waals surface area contributed by atoms with E-state index in [0.717, 1.165) is 42.5 Å². The molecule has 158 valence electrons. The minimum Gasteiger partial charge on any atom is -0.391 e. The first-order chi connectivity index (χ1) is 15.2. The number of benzene rings is 2. The van der Waals surface area contributed by atoms with Crippen LogP contribution in [0.5, 0.6) is 0 Å². The van der Waals surface area contributed by atoms with Crippen LogP contribution in [0.25, 0.3) is 5.69 Å². The number of aliphatic hydroxyl groups is 1. The Morgan fingerprint density at radius 3 is 2.58 bits per heavy atom. The molecule has 1 amide bonds. The normalized spacial score (nSPS) is 22.9. The fourth-order valence-electron chi connectivity index (χ4n) is 5.34. The number of rotatable bonds is 5. The van der Waals surface area contributed by atoms with E-state index in [1.54, 1.807) is 6.20 Å². The standard InChI is InChI=1S/C26H27N3O2/c30-25-4-1-3-24(25)28-16-20-15-22(18-7-8-18)19(14-23(20)26(28)31)13-17-5-9-21(10-6-17)29-12-2-11-27-29/h2,5-6,9-12,14-15,18,24-25,30H,1,3-4,7-8,13,16H2/t24-,25-/m0/s1. The van der Waals surface area contributed by atoms with E-state index >= 15 is 0 Å². The van der Waals surface area contributed by atoms with Gasteiger partial charge in [0.25, 0.3) is 5.91 Å². The van der Waals surface area contributed by atoms with Gasteiger partial charge in [0.15, 0.2) is 0 Å². The van der Waals surface area contributed by atoms with Gasteiger partial charge in [-0.1, -0.05) is 18.2 Å². The van der Waals surface area contributed by atoms with Gasteiger partial charge in [0.1, 0.15) is 0 Å². The summed E-state index contributed by atoms with van der Waals surface area (Å²) in [4.78, 5) is 15.1. The topological polar surface area (TPSA) is 58.4 Å². The van der Waals surface area contributed by atoms with Crippen LogP contribution in [0.1, 0.15) is 70.6 Å². The number of fused-ring (bicyclic) bond motifs is 1. The van der Waals surface area contributed by atoms with Gasteiger partial charge in [0.2, 0.25) is 0 Å². The smallest absolute Gasteiger partial charge is 0.254 e. The number of aromatic nitrogens is 2. The van der Waals surface area contributed by atoms with E-state index in [1.807, 2.05) is 21.8 Å². The van der Waals surface area contributed by atoms with Crippen molar-refractivity contribution in [3.8, 4) is 5.69 Å². The molecule has 5 heteroatoms. The lowest BCUT2D eigenvalue weighted by Crippen LogP contribution is -2.40. The summed E-state index contributed by atoms with van der Waals surface area (Å²) in [6.07, 6.45) is 9.37. The third-order valence-electron chi connectivity index (χ3n) is 7.16. The predicted molar refractivity (Wildman–Crippen MR) is 118 cm³/mol. The Balaban J connectivity index is 1.29. The second-order valence-electron chi connectivity index (χ2n) is 9.27. The van der Waals surface area contributed by atoms with Gasteiger partial charge in [-0.2, -0.15) is 5.10 Å². The molecule has 5 nitrogen and oxygen atoms in total. The van der Waals surface area contributed by atoms with Crippen LogP contribution < -0.4 is 0 Å². The maximum absolute atomic E-state index is 13.2. The molecule has 0 spiro atoms. The van der Waals surface area contributed by atoms with E-state index in [9.17, 15) is 9.90 Å². The first kappa shape index (κ1) is 18.8. The van der Waals surface area contributed by atoms with Gasteiger partial charge >= 0.3 is 0 Å². The second kappa shape index (κ2) is 7.34. The lowest BCUT2D eigenvalue weighted by molar-refractivity contribution is 0.0479. The van der Waals surface area contributed by atoms with Crippen LogP contribution in [-0.4, -0.2) is 37.8 Å². The minimum absolute atomic E-state index is 0.0254. The Bertz CT molecular complexity index is 1120. The van der Waals surface area contributed by atoms with Crippen LogP contribution in [0.4, 0.5) is 0 Å². The van der Waals surface area contributed by atoms with Crippen molar-refractivity contribution in [3.05, 3.63) is 82.7 Å². The van der Waals surface area contributed by atoms with Crippen molar-refractivity contribution in [2.24, 2.45) is 0 Å². The zero-order valence-corrected chi connectivity index (χ0v) is 17.6. The summed E-state index contributed by atoms with van der Waals surface area (Å²) in [6.45, 7) is 0.647. The van der Waals surface area contributed by atoms with Gasteiger partial charge in [-0.15, -0.1) is 0 Å². The molecule has 0 unspecified atom stereocenters. The quantitative estimate of drug-likeness (QED) is 0.682. The van der Waals surface area contributed by atoms with Crippen molar-refractivity contribution < 1.29 is 9.90 Å². The molecule has 2 saturated carbocycles. The summed E-state index contributed by atoms with van der Waals surface area (Å²) < 4.78 is 1.86. The number of carbonyl (C=O) groups excluding carboxylic acids is 1. The fraction of sp³-hybridized carbons (Fsp3) is 0.385. The Morgan fingerprint density at radius 2 is 1.90 bits per heavy atom. The SMILES string of the molecule is O=C1c2cc(Cc3ccc(-n4cccn4)cc3)c(C3CC3)cc2CN1[C@H]1CCC[C@@H]1O. The average molecular weight is 414 g/mol. The number of hydrogen-bond acceptors (Lipinski definition) is 3. The lowest BCUT2D eigenvalue weighted by atomic mass is 9.92. The molecule has 2 heterocycles. The van der Waals surface area contributed by atoms with Crippen LogP contribution >= 0.6 is 0 Å². The zero-order valence-electron chi connectivity index (χ0n) is 17.6. The van der Waals surface area contributed by atoms with Crippen LogP contribution in [0.3, 0.4) is 0 Å². The summed E-state index contributed by atoms with van der Waals surface area (Å²) in [5.74, 6) is 0.725. The highest BCUT2D eigenvalue weighted by Gasteiger charge is 2.39. The number of amides is 1. The molecule has 31 heavy (non-hydrogen) atoms. The van der Waals surface area contributed by atoms with Crippen LogP contribution in [0.2, 0.25) is 0 Å². The van der Waals surface area contributed by atoms with Gasteiger partial charge in [-0.3, -0.25) is 4.79 Å². The van der Waals surface area contributed by atoms with Gasteiger partial charge in [0.05, 0.1) is 17.8 Å². The Labute approximate surface area is 182 Å². The monoisotopic (exact) mass is 413 g/mol. The van der Waals surface area contributed by atoms with Gasteiger partial charge in [-0.05, 0) is 91.0 Å². The molecule has 0 bridgehead atoms. The summed E-state index contributed by atoms with van der Waals surface area (Å²) in [6, 6.07) is 14.8. The van der Waals surface area contributed by atoms with Crippen molar-refractivity contribution in [1.82, 2.24) is 14.7 Å². The van der Waals surface area contributed by atoms with E-state index in [-0.39, 0.29) is 18.1 Å². The van der Waals surface area contributed by atoms with E-state index in [2.05, 4.69) is 41.5 Å². The maximum atomic E-state index is 13.2. The Morgan fingerprint density at radius 1 is 1.06 bits per heavy atom. The molecule has 0 saturated heterocycles. The molecular weight excluding hydrogens is 386 g/mol. The first-order valence-electron chi connectivity index (χ1n) is 11.4. The molecule has 0 radical (unpaired) electrons. The molecular formula is C26H27N3O2. The molecule has 3 aliphatic rings. The molecule has 2 aromatic carbocycles. The van der Waals surface area contributed by atoms with E-state index < -0.39 is 0 Å². The largest absolute Gasteiger partial charge is 0.391 e. The molecule has 1 N–H and O–H groups in total. The van der Waals surface area contributed by atoms with E-state index in [0.29, 0.717) is 12.5 Å². The summed E-state index contributed by atoms with van der Waals surface area (Å²) in [5.41, 5.74) is 6.96. The average Bonchev–Trinajstić information content (AvgIpc) is 3.16. The molecule has 1 aliphatic heterocycles. The van der Waals surface area contributed by atoms with Crippen molar-refractivity contribution in [2.45, 2.75) is 63.1 Å². The second-order valence-corrected chi connectivity index (χ2v) is 9.27. The highest BCUT2D eigenvalue weighted by atomic mass is 16.3. The van der Waals surface area contributed by atoms with Gasteiger partial charge in [0, 0.05) is 24.5 Å². The van der Waals surface area contributed by atoms with Crippen molar-refractivity contribution in [2.75, 3.05) is 0 Å². The molecule has 2 fully saturated rings. The molecule has 6 rings (SSSR count). The number of carbonyl (C=O) groups is 1.